The Morgan fingerprint density at radius 2 is 1.60 bits per heavy atom. The van der Waals surface area contributed by atoms with E-state index in [1.165, 1.54) is 38.5 Å². The molecule has 296 valence electrons. The number of hydrogen-bond donors (Lipinski definition) is 4. The van der Waals surface area contributed by atoms with Crippen molar-refractivity contribution in [3.8, 4) is 0 Å². The average molecular weight is 729 g/mol. The van der Waals surface area contributed by atoms with Gasteiger partial charge in [-0.05, 0) is 112 Å². The monoisotopic (exact) mass is 729 g/mol. The van der Waals surface area contributed by atoms with Crippen molar-refractivity contribution in [2.24, 2.45) is 64.6 Å². The van der Waals surface area contributed by atoms with Crippen LogP contribution >= 0.6 is 0 Å². The Labute approximate surface area is 313 Å². The highest BCUT2D eigenvalue weighted by molar-refractivity contribution is 5.82. The van der Waals surface area contributed by atoms with Crippen molar-refractivity contribution in [3.63, 3.8) is 0 Å². The van der Waals surface area contributed by atoms with E-state index in [-0.39, 0.29) is 49.0 Å². The number of rotatable bonds is 12. The Bertz CT molecular complexity index is 1240. The predicted molar refractivity (Wildman–Crippen MR) is 201 cm³/mol. The van der Waals surface area contributed by atoms with Crippen molar-refractivity contribution in [3.05, 3.63) is 0 Å². The summed E-state index contributed by atoms with van der Waals surface area (Å²) in [4.78, 5) is 36.7. The molecule has 7 unspecified atom stereocenters. The molecule has 8 rings (SSSR count). The number of ether oxygens (including phenoxy) is 1. The fourth-order valence-corrected chi connectivity index (χ4v) is 12.9. The van der Waals surface area contributed by atoms with Gasteiger partial charge in [-0.1, -0.05) is 59.3 Å². The molecule has 10 heteroatoms. The molecule has 52 heavy (non-hydrogen) atoms. The van der Waals surface area contributed by atoms with Crippen LogP contribution in [0.5, 0.6) is 0 Å². The van der Waals surface area contributed by atoms with Crippen molar-refractivity contribution in [2.45, 2.75) is 147 Å². The van der Waals surface area contributed by atoms with Gasteiger partial charge in [-0.15, -0.1) is 0 Å². The van der Waals surface area contributed by atoms with Crippen LogP contribution < -0.4 is 10.6 Å². The van der Waals surface area contributed by atoms with E-state index in [1.807, 2.05) is 7.11 Å². The van der Waals surface area contributed by atoms with E-state index in [1.54, 1.807) is 5.06 Å². The minimum Gasteiger partial charge on any atom is -0.396 e. The second kappa shape index (κ2) is 16.0. The van der Waals surface area contributed by atoms with Gasteiger partial charge in [0.25, 0.3) is 0 Å². The summed E-state index contributed by atoms with van der Waals surface area (Å²) in [5.41, 5.74) is 0.328. The molecule has 4 N–H and O–H groups in total. The Balaban J connectivity index is 1.02. The lowest BCUT2D eigenvalue weighted by molar-refractivity contribution is -0.193. The van der Waals surface area contributed by atoms with Crippen molar-refractivity contribution in [1.29, 1.82) is 0 Å². The molecule has 2 amide bonds. The quantitative estimate of drug-likeness (QED) is 0.230. The van der Waals surface area contributed by atoms with Gasteiger partial charge < -0.3 is 30.5 Å². The molecule has 0 aromatic rings. The summed E-state index contributed by atoms with van der Waals surface area (Å²) in [6.07, 6.45) is 15.4. The minimum absolute atomic E-state index is 0.0149. The third-order valence-corrected chi connectivity index (χ3v) is 16.3. The van der Waals surface area contributed by atoms with E-state index in [9.17, 15) is 19.8 Å². The number of fused-ring (bicyclic) bond motifs is 2. The molecule has 1 saturated heterocycles. The second-order valence-corrected chi connectivity index (χ2v) is 19.5. The van der Waals surface area contributed by atoms with Crippen molar-refractivity contribution < 1.29 is 29.4 Å². The van der Waals surface area contributed by atoms with Gasteiger partial charge in [0.1, 0.15) is 12.1 Å². The molecule has 1 aliphatic heterocycles. The van der Waals surface area contributed by atoms with Crippen LogP contribution in [0, 0.1) is 64.6 Å². The smallest absolute Gasteiger partial charge is 0.240 e. The van der Waals surface area contributed by atoms with E-state index in [0.717, 1.165) is 57.3 Å². The third kappa shape index (κ3) is 7.61. The molecule has 2 bridgehead atoms. The van der Waals surface area contributed by atoms with Crippen LogP contribution in [0.15, 0.2) is 0 Å². The summed E-state index contributed by atoms with van der Waals surface area (Å²) in [6, 6.07) is 0.169. The molecule has 0 aromatic heterocycles. The first-order valence-electron chi connectivity index (χ1n) is 21.4. The van der Waals surface area contributed by atoms with Gasteiger partial charge in [-0.25, -0.2) is 0 Å². The molecule has 7 aliphatic carbocycles. The number of methoxy groups -OCH3 is 1. The van der Waals surface area contributed by atoms with E-state index in [4.69, 9.17) is 9.57 Å². The molecule has 7 saturated carbocycles. The first-order chi connectivity index (χ1) is 24.9. The summed E-state index contributed by atoms with van der Waals surface area (Å²) in [6.45, 7) is 7.06. The summed E-state index contributed by atoms with van der Waals surface area (Å²) in [5.74, 6) is 3.61. The van der Waals surface area contributed by atoms with Crippen LogP contribution in [-0.4, -0.2) is 109 Å². The maximum absolute atomic E-state index is 14.2. The number of amides is 2. The summed E-state index contributed by atoms with van der Waals surface area (Å²) < 4.78 is 6.41. The van der Waals surface area contributed by atoms with Gasteiger partial charge in [-0.2, -0.15) is 5.06 Å². The molecular weight excluding hydrogens is 656 g/mol. The Morgan fingerprint density at radius 3 is 2.25 bits per heavy atom. The highest BCUT2D eigenvalue weighted by Gasteiger charge is 2.57. The number of nitrogens with one attached hydrogen (secondary N) is 2. The second-order valence-electron chi connectivity index (χ2n) is 19.5. The molecule has 10 nitrogen and oxygen atoms in total. The lowest BCUT2D eigenvalue weighted by Crippen LogP contribution is -2.62. The van der Waals surface area contributed by atoms with Gasteiger partial charge >= 0.3 is 0 Å². The zero-order valence-corrected chi connectivity index (χ0v) is 33.2. The molecule has 15 atom stereocenters. The lowest BCUT2D eigenvalue weighted by atomic mass is 9.45. The van der Waals surface area contributed by atoms with Crippen LogP contribution in [0.3, 0.4) is 0 Å². The number of carbonyl (C=O) groups excluding carboxylic acids is 2. The lowest BCUT2D eigenvalue weighted by Gasteiger charge is -2.62. The molecule has 0 aromatic carbocycles. The summed E-state index contributed by atoms with van der Waals surface area (Å²) in [7, 11) is 6.13. The summed E-state index contributed by atoms with van der Waals surface area (Å²) >= 11 is 0. The fraction of sp³-hybridized carbons (Fsp3) is 0.952. The maximum Gasteiger partial charge on any atom is 0.240 e. The van der Waals surface area contributed by atoms with Crippen molar-refractivity contribution in [1.82, 2.24) is 20.6 Å². The van der Waals surface area contributed by atoms with Crippen LogP contribution in [-0.2, 0) is 19.2 Å². The topological polar surface area (TPSA) is 124 Å². The molecular formula is C42H72N4O6. The normalized spacial score (nSPS) is 45.0. The van der Waals surface area contributed by atoms with Crippen molar-refractivity contribution >= 4 is 11.8 Å². The molecule has 8 aliphatic rings. The molecule has 0 spiro atoms. The molecule has 8 fully saturated rings. The first kappa shape index (κ1) is 39.0. The van der Waals surface area contributed by atoms with Gasteiger partial charge in [0, 0.05) is 49.5 Å². The summed E-state index contributed by atoms with van der Waals surface area (Å²) in [5, 5.41) is 29.5. The van der Waals surface area contributed by atoms with Crippen LogP contribution in [0.25, 0.3) is 0 Å². The highest BCUT2D eigenvalue weighted by Crippen LogP contribution is 2.61. The van der Waals surface area contributed by atoms with Gasteiger partial charge in [0.15, 0.2) is 0 Å². The third-order valence-electron chi connectivity index (χ3n) is 16.3. The number of hydroxylamine groups is 2. The van der Waals surface area contributed by atoms with E-state index >= 15 is 0 Å². The minimum atomic E-state index is -0.667. The van der Waals surface area contributed by atoms with E-state index in [0.29, 0.717) is 59.6 Å². The fourth-order valence-electron chi connectivity index (χ4n) is 12.9. The number of nitrogens with zero attached hydrogens (tertiary/aromatic N) is 2. The Hall–Kier alpha value is -1.30. The maximum atomic E-state index is 14.2. The average Bonchev–Trinajstić information content (AvgIpc) is 3.82. The number of carbonyl (C=O) groups is 2. The van der Waals surface area contributed by atoms with Gasteiger partial charge in [0.2, 0.25) is 11.8 Å². The van der Waals surface area contributed by atoms with Crippen LogP contribution in [0.1, 0.15) is 111 Å². The van der Waals surface area contributed by atoms with E-state index < -0.39 is 18.1 Å². The SMILES string of the molecule is COC1C(CN2O[C@@H](CO)[C@@H](CO)[C@H]2C(=O)N[C@H]2C[C@H]3C[C@@H]([C@@H]2C)C3(C)C)CCCC1C1CC(C(=O)N[C@H]2CC2C2CCCCC2)CC(N(C)C)C1. The number of aliphatic hydroxyl groups is 2. The van der Waals surface area contributed by atoms with Crippen LogP contribution in [0.4, 0.5) is 0 Å². The zero-order chi connectivity index (χ0) is 36.9. The van der Waals surface area contributed by atoms with Gasteiger partial charge in [0.05, 0.1) is 19.3 Å². The highest BCUT2D eigenvalue weighted by atomic mass is 16.7. The standard InChI is InChI=1S/C42H72N4O6/c1-24-34-18-29(42(34,2)3)19-35(24)43-41(50)38-33(22-47)37(23-48)52-46(38)21-26-13-10-14-31(39(26)51-6)27-15-28(17-30(16-27)45(4)5)40(49)44-36-20-32(36)25-11-8-7-9-12-25/h24-39,47-48H,7-23H2,1-6H3,(H,43,50)(H,44,49)/t24-,26?,27?,28?,29+,30?,31?,32?,33+,34-,35-,36-,37-,38-,39?/m0/s1. The van der Waals surface area contributed by atoms with E-state index in [2.05, 4.69) is 50.4 Å². The van der Waals surface area contributed by atoms with Gasteiger partial charge in [-0.3, -0.25) is 14.4 Å². The first-order valence-corrected chi connectivity index (χ1v) is 21.4. The Kier molecular flexibility index (Phi) is 12.0. The van der Waals surface area contributed by atoms with Crippen molar-refractivity contribution in [2.75, 3.05) is 41.0 Å². The molecule has 1 heterocycles. The molecule has 0 radical (unpaired) electrons. The largest absolute Gasteiger partial charge is 0.396 e. The number of aliphatic hydroxyl groups excluding tert-OH is 2. The van der Waals surface area contributed by atoms with Crippen LogP contribution in [0.2, 0.25) is 0 Å². The Morgan fingerprint density at radius 1 is 0.846 bits per heavy atom. The number of hydrogen-bond acceptors (Lipinski definition) is 8. The zero-order valence-electron chi connectivity index (χ0n) is 33.2. The predicted octanol–water partition coefficient (Wildman–Crippen LogP) is 4.62.